The van der Waals surface area contributed by atoms with Gasteiger partial charge in [-0.1, -0.05) is 20.8 Å². The minimum absolute atomic E-state index is 0.0149. The van der Waals surface area contributed by atoms with Crippen molar-refractivity contribution in [1.29, 1.82) is 0 Å². The average molecular weight is 470 g/mol. The number of likely N-dealkylation sites (tertiary alicyclic amines) is 1. The summed E-state index contributed by atoms with van der Waals surface area (Å²) in [6, 6.07) is 4.12. The second-order valence-corrected chi connectivity index (χ2v) is 9.95. The van der Waals surface area contributed by atoms with Crippen molar-refractivity contribution < 1.29 is 28.0 Å². The molecule has 1 spiro atoms. The molecule has 0 N–H and O–H groups in total. The minimum atomic E-state index is -3.14. The number of hydrogen-bond donors (Lipinski definition) is 0. The molecule has 3 rings (SSSR count). The molecule has 2 aliphatic heterocycles. The highest BCUT2D eigenvalue weighted by Gasteiger charge is 2.50. The topological polar surface area (TPSA) is 85.2 Å². The first-order chi connectivity index (χ1) is 15.5. The van der Waals surface area contributed by atoms with Crippen molar-refractivity contribution in [3.63, 3.8) is 0 Å². The first-order valence-electron chi connectivity index (χ1n) is 11.4. The lowest BCUT2D eigenvalue weighted by Crippen LogP contribution is -2.57. The maximum atomic E-state index is 12.8. The van der Waals surface area contributed by atoms with Gasteiger partial charge in [0.15, 0.2) is 0 Å². The van der Waals surface area contributed by atoms with E-state index in [2.05, 4.69) is 30.4 Å². The van der Waals surface area contributed by atoms with Crippen LogP contribution >= 0.6 is 0 Å². The highest BCUT2D eigenvalue weighted by molar-refractivity contribution is 5.67. The minimum Gasteiger partial charge on any atom is -0.450 e. The third-order valence-electron chi connectivity index (χ3n) is 7.07. The molecule has 2 saturated heterocycles. The summed E-state index contributed by atoms with van der Waals surface area (Å²) in [5, 5.41) is 11.2. The first kappa shape index (κ1) is 25.0. The molecule has 0 bridgehead atoms. The van der Waals surface area contributed by atoms with E-state index in [1.807, 2.05) is 0 Å². The van der Waals surface area contributed by atoms with Crippen molar-refractivity contribution in [1.82, 2.24) is 4.90 Å². The second-order valence-electron chi connectivity index (χ2n) is 9.95. The third-order valence-corrected chi connectivity index (χ3v) is 7.07. The van der Waals surface area contributed by atoms with Gasteiger partial charge in [0.2, 0.25) is 5.75 Å². The van der Waals surface area contributed by atoms with Gasteiger partial charge in [-0.15, -0.1) is 0 Å². The fraction of sp³-hybridized carbons (Fsp3) is 0.696. The molecule has 1 aromatic carbocycles. The summed E-state index contributed by atoms with van der Waals surface area (Å²) in [4.78, 5) is 26.7. The van der Waals surface area contributed by atoms with Crippen molar-refractivity contribution in [2.24, 2.45) is 16.7 Å². The number of nitro benzene ring substituents is 1. The number of nitrogens with zero attached hydrogens (tertiary/aromatic N) is 3. The molecular formula is C23H33F2N3O5. The van der Waals surface area contributed by atoms with Crippen LogP contribution in [0, 0.1) is 26.9 Å². The Balaban J connectivity index is 1.77. The van der Waals surface area contributed by atoms with Crippen LogP contribution < -0.4 is 9.64 Å². The zero-order valence-electron chi connectivity index (χ0n) is 19.7. The zero-order chi connectivity index (χ0) is 24.4. The molecule has 2 heterocycles. The Morgan fingerprint density at radius 2 is 1.88 bits per heavy atom. The maximum Gasteiger partial charge on any atom is 0.409 e. The van der Waals surface area contributed by atoms with Crippen molar-refractivity contribution in [3.05, 3.63) is 28.3 Å². The number of anilines is 1. The zero-order valence-corrected chi connectivity index (χ0v) is 19.7. The number of piperidine rings is 2. The number of alkyl halides is 2. The van der Waals surface area contributed by atoms with Crippen molar-refractivity contribution >= 4 is 17.5 Å². The molecule has 33 heavy (non-hydrogen) atoms. The number of carbonyl (C=O) groups excluding carboxylic acids is 1. The molecule has 1 aromatic rings. The Morgan fingerprint density at radius 3 is 2.42 bits per heavy atom. The first-order valence-corrected chi connectivity index (χ1v) is 11.4. The smallest absolute Gasteiger partial charge is 0.409 e. The molecule has 0 saturated carbocycles. The van der Waals surface area contributed by atoms with Crippen LogP contribution in [0.15, 0.2) is 18.2 Å². The number of halogens is 2. The van der Waals surface area contributed by atoms with Crippen LogP contribution in [0.2, 0.25) is 0 Å². The number of ether oxygens (including phenoxy) is 2. The molecular weight excluding hydrogens is 436 g/mol. The molecule has 2 aliphatic rings. The fourth-order valence-electron chi connectivity index (χ4n) is 5.46. The predicted molar refractivity (Wildman–Crippen MR) is 120 cm³/mol. The van der Waals surface area contributed by atoms with E-state index in [4.69, 9.17) is 4.74 Å². The molecule has 1 amide bonds. The van der Waals surface area contributed by atoms with Crippen molar-refractivity contribution in [2.75, 3.05) is 37.7 Å². The molecule has 1 unspecified atom stereocenters. The van der Waals surface area contributed by atoms with E-state index in [0.29, 0.717) is 38.5 Å². The van der Waals surface area contributed by atoms with E-state index in [1.54, 1.807) is 17.9 Å². The van der Waals surface area contributed by atoms with E-state index in [1.165, 1.54) is 12.1 Å². The van der Waals surface area contributed by atoms with Crippen LogP contribution in [0.1, 0.15) is 47.0 Å². The normalized spacial score (nSPS) is 20.8. The highest BCUT2D eigenvalue weighted by atomic mass is 19.3. The van der Waals surface area contributed by atoms with Gasteiger partial charge < -0.3 is 19.3 Å². The van der Waals surface area contributed by atoms with Crippen LogP contribution in [0.4, 0.5) is 25.0 Å². The Kier molecular flexibility index (Phi) is 7.33. The Bertz CT molecular complexity index is 866. The number of amides is 1. The van der Waals surface area contributed by atoms with Crippen LogP contribution in [-0.2, 0) is 4.74 Å². The molecule has 0 radical (unpaired) electrons. The van der Waals surface area contributed by atoms with Gasteiger partial charge in [-0.05, 0) is 49.0 Å². The van der Waals surface area contributed by atoms with E-state index in [9.17, 15) is 23.7 Å². The van der Waals surface area contributed by atoms with Gasteiger partial charge in [0.25, 0.3) is 0 Å². The lowest BCUT2D eigenvalue weighted by atomic mass is 9.57. The highest BCUT2D eigenvalue weighted by Crippen LogP contribution is 2.52. The number of carbonyl (C=O) groups is 1. The standard InChI is InChI=1S/C23H33F2N3O5/c1-5-32-21(29)27-13-10-23(19(15-27)22(2,3)4)8-11-26(12-9-23)16-6-7-17(28(30)31)18(14-16)33-20(24)25/h6-7,14,19-20H,5,8-13,15H2,1-4H3. The quantitative estimate of drug-likeness (QED) is 0.429. The van der Waals surface area contributed by atoms with Gasteiger partial charge in [-0.25, -0.2) is 4.79 Å². The molecule has 8 nitrogen and oxygen atoms in total. The Morgan fingerprint density at radius 1 is 1.24 bits per heavy atom. The van der Waals surface area contributed by atoms with Crippen molar-refractivity contribution in [2.45, 2.75) is 53.6 Å². The van der Waals surface area contributed by atoms with Crippen LogP contribution in [0.25, 0.3) is 0 Å². The Labute approximate surface area is 193 Å². The summed E-state index contributed by atoms with van der Waals surface area (Å²) in [7, 11) is 0. The molecule has 184 valence electrons. The van der Waals surface area contributed by atoms with Crippen LogP contribution in [0.3, 0.4) is 0 Å². The monoisotopic (exact) mass is 469 g/mol. The maximum absolute atomic E-state index is 12.8. The van der Waals surface area contributed by atoms with Gasteiger partial charge in [-0.2, -0.15) is 8.78 Å². The van der Waals surface area contributed by atoms with Gasteiger partial charge in [0.05, 0.1) is 11.5 Å². The number of rotatable bonds is 5. The van der Waals surface area contributed by atoms with Gasteiger partial charge in [-0.3, -0.25) is 10.1 Å². The van der Waals surface area contributed by atoms with Gasteiger partial charge in [0, 0.05) is 44.0 Å². The number of benzene rings is 1. The molecule has 0 aromatic heterocycles. The third kappa shape index (κ3) is 5.47. The molecule has 10 heteroatoms. The molecule has 2 fully saturated rings. The van der Waals surface area contributed by atoms with Crippen LogP contribution in [0.5, 0.6) is 5.75 Å². The van der Waals surface area contributed by atoms with E-state index >= 15 is 0 Å². The Hall–Kier alpha value is -2.65. The molecule has 0 aliphatic carbocycles. The largest absolute Gasteiger partial charge is 0.450 e. The summed E-state index contributed by atoms with van der Waals surface area (Å²) in [6.45, 7) is 8.29. The average Bonchev–Trinajstić information content (AvgIpc) is 2.73. The van der Waals surface area contributed by atoms with E-state index in [-0.39, 0.29) is 22.8 Å². The number of nitro groups is 1. The predicted octanol–water partition coefficient (Wildman–Crippen LogP) is 5.31. The lowest BCUT2D eigenvalue weighted by Gasteiger charge is -2.56. The summed E-state index contributed by atoms with van der Waals surface area (Å²) in [5.41, 5.74) is 0.189. The SMILES string of the molecule is CCOC(=O)N1CCC2(CCN(c3ccc([N+](=O)[O-])c(OC(F)F)c3)CC2)C(C(C)(C)C)C1. The summed E-state index contributed by atoms with van der Waals surface area (Å²) in [6.07, 6.45) is 2.37. The number of hydrogen-bond acceptors (Lipinski definition) is 6. The van der Waals surface area contributed by atoms with Crippen LogP contribution in [-0.4, -0.2) is 55.3 Å². The fourth-order valence-corrected chi connectivity index (χ4v) is 5.46. The lowest BCUT2D eigenvalue weighted by molar-refractivity contribution is -0.386. The van der Waals surface area contributed by atoms with Gasteiger partial charge in [0.1, 0.15) is 0 Å². The summed E-state index contributed by atoms with van der Waals surface area (Å²) >= 11 is 0. The second kappa shape index (κ2) is 9.69. The van der Waals surface area contributed by atoms with E-state index in [0.717, 1.165) is 19.3 Å². The van der Waals surface area contributed by atoms with Gasteiger partial charge >= 0.3 is 18.4 Å². The van der Waals surface area contributed by atoms with E-state index < -0.39 is 23.0 Å². The van der Waals surface area contributed by atoms with Crippen molar-refractivity contribution in [3.8, 4) is 5.75 Å². The summed E-state index contributed by atoms with van der Waals surface area (Å²) in [5.74, 6) is -0.150. The molecule has 1 atom stereocenters. The summed E-state index contributed by atoms with van der Waals surface area (Å²) < 4.78 is 35.2.